The highest BCUT2D eigenvalue weighted by Gasteiger charge is 2.21. The molecular formula is C14H28N4O2. The molecule has 0 saturated carbocycles. The Labute approximate surface area is 121 Å². The molecule has 116 valence electrons. The molecule has 0 aromatic rings. The number of rotatable bonds is 7. The van der Waals surface area contributed by atoms with Gasteiger partial charge in [0.05, 0.1) is 6.54 Å². The largest absolute Gasteiger partial charge is 0.355 e. The van der Waals surface area contributed by atoms with Crippen LogP contribution >= 0.6 is 0 Å². The maximum atomic E-state index is 12.0. The zero-order valence-electron chi connectivity index (χ0n) is 12.7. The lowest BCUT2D eigenvalue weighted by Crippen LogP contribution is -2.51. The Morgan fingerprint density at radius 1 is 1.25 bits per heavy atom. The second kappa shape index (κ2) is 8.92. The molecule has 1 heterocycles. The van der Waals surface area contributed by atoms with Crippen molar-refractivity contribution in [2.24, 2.45) is 5.73 Å². The number of hydrogen-bond donors (Lipinski definition) is 2. The van der Waals surface area contributed by atoms with Crippen molar-refractivity contribution in [1.82, 2.24) is 15.1 Å². The van der Waals surface area contributed by atoms with E-state index in [-0.39, 0.29) is 17.9 Å². The molecule has 2 amide bonds. The van der Waals surface area contributed by atoms with Crippen LogP contribution in [0.25, 0.3) is 0 Å². The molecule has 20 heavy (non-hydrogen) atoms. The molecular weight excluding hydrogens is 256 g/mol. The maximum absolute atomic E-state index is 12.0. The normalized spacial score (nSPS) is 17.9. The Balaban J connectivity index is 2.20. The van der Waals surface area contributed by atoms with Gasteiger partial charge in [0, 0.05) is 45.2 Å². The molecule has 1 aliphatic rings. The second-order valence-electron chi connectivity index (χ2n) is 5.48. The summed E-state index contributed by atoms with van der Waals surface area (Å²) >= 11 is 0. The van der Waals surface area contributed by atoms with Crippen LogP contribution in [-0.4, -0.2) is 66.9 Å². The molecule has 0 aliphatic carbocycles. The van der Waals surface area contributed by atoms with Crippen molar-refractivity contribution in [3.8, 4) is 0 Å². The van der Waals surface area contributed by atoms with E-state index in [2.05, 4.69) is 10.2 Å². The summed E-state index contributed by atoms with van der Waals surface area (Å²) in [5, 5.41) is 2.79. The van der Waals surface area contributed by atoms with Crippen molar-refractivity contribution in [1.29, 1.82) is 0 Å². The number of carbonyl (C=O) groups excluding carboxylic acids is 2. The van der Waals surface area contributed by atoms with E-state index < -0.39 is 0 Å². The minimum absolute atomic E-state index is 0.0595. The van der Waals surface area contributed by atoms with Crippen LogP contribution in [0.4, 0.5) is 0 Å². The SMILES string of the molecule is CCNC(=O)CN1CCN(C(=O)CCCC(C)N)CC1. The van der Waals surface area contributed by atoms with E-state index >= 15 is 0 Å². The van der Waals surface area contributed by atoms with Crippen molar-refractivity contribution in [3.63, 3.8) is 0 Å². The summed E-state index contributed by atoms with van der Waals surface area (Å²) in [5.74, 6) is 0.271. The molecule has 0 radical (unpaired) electrons. The minimum atomic E-state index is 0.0595. The van der Waals surface area contributed by atoms with Crippen LogP contribution < -0.4 is 11.1 Å². The molecule has 0 aromatic heterocycles. The third-order valence-electron chi connectivity index (χ3n) is 3.52. The van der Waals surface area contributed by atoms with E-state index in [1.54, 1.807) is 0 Å². The van der Waals surface area contributed by atoms with Gasteiger partial charge < -0.3 is 16.0 Å². The predicted octanol–water partition coefficient (Wildman–Crippen LogP) is -0.216. The molecule has 3 N–H and O–H groups in total. The fourth-order valence-electron chi connectivity index (χ4n) is 2.34. The number of piperazine rings is 1. The summed E-state index contributed by atoms with van der Waals surface area (Å²) in [7, 11) is 0. The monoisotopic (exact) mass is 284 g/mol. The van der Waals surface area contributed by atoms with E-state index in [0.29, 0.717) is 19.5 Å². The smallest absolute Gasteiger partial charge is 0.234 e. The molecule has 1 saturated heterocycles. The van der Waals surface area contributed by atoms with Crippen molar-refractivity contribution in [2.45, 2.75) is 39.2 Å². The lowest BCUT2D eigenvalue weighted by Gasteiger charge is -2.34. The predicted molar refractivity (Wildman–Crippen MR) is 79.2 cm³/mol. The van der Waals surface area contributed by atoms with Gasteiger partial charge in [-0.3, -0.25) is 14.5 Å². The number of hydrogen-bond acceptors (Lipinski definition) is 4. The molecule has 1 aliphatic heterocycles. The standard InChI is InChI=1S/C14H28N4O2/c1-3-16-13(19)11-17-7-9-18(10-8-17)14(20)6-4-5-12(2)15/h12H,3-11,15H2,1-2H3,(H,16,19). The molecule has 1 unspecified atom stereocenters. The Morgan fingerprint density at radius 3 is 2.45 bits per heavy atom. The summed E-state index contributed by atoms with van der Waals surface area (Å²) < 4.78 is 0. The fourth-order valence-corrected chi connectivity index (χ4v) is 2.34. The Bertz CT molecular complexity index is 312. The Morgan fingerprint density at radius 2 is 1.90 bits per heavy atom. The number of amides is 2. The van der Waals surface area contributed by atoms with Gasteiger partial charge in [0.2, 0.25) is 11.8 Å². The fraction of sp³-hybridized carbons (Fsp3) is 0.857. The highest BCUT2D eigenvalue weighted by Crippen LogP contribution is 2.07. The summed E-state index contributed by atoms with van der Waals surface area (Å²) in [5.41, 5.74) is 5.68. The van der Waals surface area contributed by atoms with E-state index in [0.717, 1.165) is 39.0 Å². The first kappa shape index (κ1) is 16.9. The highest BCUT2D eigenvalue weighted by molar-refractivity contribution is 5.78. The lowest BCUT2D eigenvalue weighted by atomic mass is 10.1. The second-order valence-corrected chi connectivity index (χ2v) is 5.48. The van der Waals surface area contributed by atoms with Gasteiger partial charge in [-0.25, -0.2) is 0 Å². The average Bonchev–Trinajstić information content (AvgIpc) is 2.39. The van der Waals surface area contributed by atoms with E-state index in [1.165, 1.54) is 0 Å². The lowest BCUT2D eigenvalue weighted by molar-refractivity contribution is -0.133. The molecule has 0 bridgehead atoms. The summed E-state index contributed by atoms with van der Waals surface area (Å²) in [6.07, 6.45) is 2.33. The Hall–Kier alpha value is -1.14. The van der Waals surface area contributed by atoms with Crippen LogP contribution in [0.3, 0.4) is 0 Å². The molecule has 6 heteroatoms. The van der Waals surface area contributed by atoms with Gasteiger partial charge in [0.25, 0.3) is 0 Å². The summed E-state index contributed by atoms with van der Waals surface area (Å²) in [4.78, 5) is 27.5. The first-order valence-corrected chi connectivity index (χ1v) is 7.55. The molecule has 0 spiro atoms. The number of carbonyl (C=O) groups is 2. The third kappa shape index (κ3) is 6.34. The molecule has 1 atom stereocenters. The van der Waals surface area contributed by atoms with E-state index in [9.17, 15) is 9.59 Å². The van der Waals surface area contributed by atoms with E-state index in [1.807, 2.05) is 18.7 Å². The number of nitrogens with two attached hydrogens (primary N) is 1. The van der Waals surface area contributed by atoms with Gasteiger partial charge in [0.1, 0.15) is 0 Å². The van der Waals surface area contributed by atoms with Crippen molar-refractivity contribution < 1.29 is 9.59 Å². The third-order valence-corrected chi connectivity index (χ3v) is 3.52. The van der Waals surface area contributed by atoms with Crippen LogP contribution in [0, 0.1) is 0 Å². The van der Waals surface area contributed by atoms with Crippen LogP contribution in [0.5, 0.6) is 0 Å². The maximum Gasteiger partial charge on any atom is 0.234 e. The number of nitrogens with zero attached hydrogens (tertiary/aromatic N) is 2. The molecule has 6 nitrogen and oxygen atoms in total. The number of likely N-dealkylation sites (N-methyl/N-ethyl adjacent to an activating group) is 1. The van der Waals surface area contributed by atoms with Gasteiger partial charge in [-0.1, -0.05) is 0 Å². The molecule has 1 fully saturated rings. The van der Waals surface area contributed by atoms with Crippen molar-refractivity contribution in [2.75, 3.05) is 39.3 Å². The topological polar surface area (TPSA) is 78.7 Å². The zero-order chi connectivity index (χ0) is 15.0. The highest BCUT2D eigenvalue weighted by atomic mass is 16.2. The van der Waals surface area contributed by atoms with Crippen LogP contribution in [-0.2, 0) is 9.59 Å². The first-order chi connectivity index (χ1) is 9.52. The quantitative estimate of drug-likeness (QED) is 0.678. The molecule has 0 aromatic carbocycles. The first-order valence-electron chi connectivity index (χ1n) is 7.55. The van der Waals surface area contributed by atoms with Gasteiger partial charge in [-0.2, -0.15) is 0 Å². The number of nitrogens with one attached hydrogen (secondary N) is 1. The summed E-state index contributed by atoms with van der Waals surface area (Å²) in [6.45, 7) is 7.96. The van der Waals surface area contributed by atoms with Gasteiger partial charge in [0.15, 0.2) is 0 Å². The minimum Gasteiger partial charge on any atom is -0.355 e. The van der Waals surface area contributed by atoms with Crippen molar-refractivity contribution in [3.05, 3.63) is 0 Å². The average molecular weight is 284 g/mol. The Kier molecular flexibility index (Phi) is 7.54. The zero-order valence-corrected chi connectivity index (χ0v) is 12.7. The molecule has 1 rings (SSSR count). The van der Waals surface area contributed by atoms with Crippen LogP contribution in [0.1, 0.15) is 33.1 Å². The van der Waals surface area contributed by atoms with Gasteiger partial charge >= 0.3 is 0 Å². The summed E-state index contributed by atoms with van der Waals surface area (Å²) in [6, 6.07) is 0.164. The van der Waals surface area contributed by atoms with Gasteiger partial charge in [-0.15, -0.1) is 0 Å². The van der Waals surface area contributed by atoms with E-state index in [4.69, 9.17) is 5.73 Å². The van der Waals surface area contributed by atoms with Crippen molar-refractivity contribution >= 4 is 11.8 Å². The van der Waals surface area contributed by atoms with Crippen LogP contribution in [0.15, 0.2) is 0 Å². The van der Waals surface area contributed by atoms with Crippen LogP contribution in [0.2, 0.25) is 0 Å². The van der Waals surface area contributed by atoms with Gasteiger partial charge in [-0.05, 0) is 26.7 Å².